The second-order valence-corrected chi connectivity index (χ2v) is 10.2. The Morgan fingerprint density at radius 3 is 2.53 bits per heavy atom. The van der Waals surface area contributed by atoms with Gasteiger partial charge in [0.05, 0.1) is 27.5 Å². The number of benzene rings is 2. The Morgan fingerprint density at radius 2 is 1.75 bits per heavy atom. The number of hydrogen-bond donors (Lipinski definition) is 1. The molecule has 0 radical (unpaired) electrons. The van der Waals surface area contributed by atoms with E-state index >= 15 is 0 Å². The molecule has 2 aromatic carbocycles. The number of anilines is 1. The summed E-state index contributed by atoms with van der Waals surface area (Å²) in [6.45, 7) is 1.74. The van der Waals surface area contributed by atoms with Gasteiger partial charge in [-0.3, -0.25) is 18.9 Å². The van der Waals surface area contributed by atoms with E-state index in [-0.39, 0.29) is 11.3 Å². The van der Waals surface area contributed by atoms with Crippen LogP contribution in [-0.4, -0.2) is 31.2 Å². The van der Waals surface area contributed by atoms with Crippen LogP contribution in [0.25, 0.3) is 21.6 Å². The van der Waals surface area contributed by atoms with Gasteiger partial charge in [-0.25, -0.2) is 9.97 Å². The zero-order chi connectivity index (χ0) is 25.1. The van der Waals surface area contributed by atoms with E-state index in [1.165, 1.54) is 16.2 Å². The zero-order valence-electron chi connectivity index (χ0n) is 18.6. The van der Waals surface area contributed by atoms with Gasteiger partial charge in [-0.1, -0.05) is 52.7 Å². The molecule has 1 fully saturated rings. The number of aromatic nitrogens is 3. The van der Waals surface area contributed by atoms with Crippen molar-refractivity contribution in [3.05, 3.63) is 99.4 Å². The molecule has 1 aliphatic heterocycles. The maximum absolute atomic E-state index is 13.5. The summed E-state index contributed by atoms with van der Waals surface area (Å²) >= 11 is 13.5. The van der Waals surface area contributed by atoms with Crippen molar-refractivity contribution < 1.29 is 14.7 Å². The number of hydrogen-bond acceptors (Lipinski definition) is 6. The Balaban J connectivity index is 1.61. The third-order valence-electron chi connectivity index (χ3n) is 6.10. The summed E-state index contributed by atoms with van der Waals surface area (Å²) in [5.41, 5.74) is 2.68. The molecule has 7 nitrogen and oxygen atoms in total. The number of halogens is 2. The number of aliphatic hydroxyl groups is 1. The van der Waals surface area contributed by atoms with Gasteiger partial charge >= 0.3 is 5.91 Å². The molecule has 36 heavy (non-hydrogen) atoms. The fourth-order valence-electron chi connectivity index (χ4n) is 4.51. The average Bonchev–Trinajstić information content (AvgIpc) is 3.50. The highest BCUT2D eigenvalue weighted by Crippen LogP contribution is 2.45. The summed E-state index contributed by atoms with van der Waals surface area (Å²) in [5.74, 6) is -1.90. The normalized spacial score (nSPS) is 17.5. The summed E-state index contributed by atoms with van der Waals surface area (Å²) in [5, 5.41) is 12.9. The van der Waals surface area contributed by atoms with Crippen LogP contribution < -0.4 is 4.90 Å². The second kappa shape index (κ2) is 8.44. The van der Waals surface area contributed by atoms with Crippen LogP contribution >= 0.6 is 34.5 Å². The van der Waals surface area contributed by atoms with Crippen molar-refractivity contribution in [2.75, 3.05) is 4.90 Å². The first-order valence-electron chi connectivity index (χ1n) is 10.9. The summed E-state index contributed by atoms with van der Waals surface area (Å²) in [4.78, 5) is 37.4. The summed E-state index contributed by atoms with van der Waals surface area (Å²) in [6, 6.07) is 16.5. The Hall–Kier alpha value is -3.72. The minimum atomic E-state index is -0.924. The molecule has 1 atom stereocenters. The first-order valence-corrected chi connectivity index (χ1v) is 12.5. The van der Waals surface area contributed by atoms with Crippen molar-refractivity contribution >= 4 is 73.0 Å². The van der Waals surface area contributed by atoms with Gasteiger partial charge in [0.25, 0.3) is 5.78 Å². The number of aliphatic hydroxyl groups excluding tert-OH is 1. The molecule has 1 aliphatic rings. The van der Waals surface area contributed by atoms with Gasteiger partial charge in [0, 0.05) is 16.2 Å². The summed E-state index contributed by atoms with van der Waals surface area (Å²) < 4.78 is 2.46. The van der Waals surface area contributed by atoms with Gasteiger partial charge in [0.15, 0.2) is 10.9 Å². The number of pyridine rings is 1. The van der Waals surface area contributed by atoms with Crippen molar-refractivity contribution in [2.24, 2.45) is 0 Å². The van der Waals surface area contributed by atoms with Crippen LogP contribution in [0.1, 0.15) is 23.0 Å². The Bertz CT molecular complexity index is 1740. The van der Waals surface area contributed by atoms with E-state index in [9.17, 15) is 14.7 Å². The number of ketones is 1. The predicted molar refractivity (Wildman–Crippen MR) is 141 cm³/mol. The number of fused-ring (bicyclic) bond motifs is 2. The molecule has 0 spiro atoms. The number of imidazole rings is 1. The molecule has 1 saturated heterocycles. The van der Waals surface area contributed by atoms with E-state index in [2.05, 4.69) is 9.97 Å². The van der Waals surface area contributed by atoms with Gasteiger partial charge in [0.1, 0.15) is 11.3 Å². The van der Waals surface area contributed by atoms with E-state index in [0.29, 0.717) is 43.3 Å². The lowest BCUT2D eigenvalue weighted by molar-refractivity contribution is -0.132. The van der Waals surface area contributed by atoms with Crippen LogP contribution in [0, 0.1) is 6.92 Å². The Kier molecular flexibility index (Phi) is 5.33. The highest BCUT2D eigenvalue weighted by molar-refractivity contribution is 7.22. The number of rotatable bonds is 3. The number of carbonyl (C=O) groups excluding carboxylic acids is 2. The molecule has 0 saturated carbocycles. The van der Waals surface area contributed by atoms with Gasteiger partial charge in [-0.05, 0) is 55.0 Å². The lowest BCUT2D eigenvalue weighted by Gasteiger charge is -2.23. The van der Waals surface area contributed by atoms with Gasteiger partial charge < -0.3 is 5.11 Å². The Morgan fingerprint density at radius 1 is 1.00 bits per heavy atom. The smallest absolute Gasteiger partial charge is 0.301 e. The maximum Gasteiger partial charge on any atom is 0.301 e. The summed E-state index contributed by atoms with van der Waals surface area (Å²) in [6.07, 6.45) is 1.75. The lowest BCUT2D eigenvalue weighted by Crippen LogP contribution is -2.29. The zero-order valence-corrected chi connectivity index (χ0v) is 21.0. The van der Waals surface area contributed by atoms with Crippen LogP contribution in [0.2, 0.25) is 10.0 Å². The number of carbonyl (C=O) groups is 2. The van der Waals surface area contributed by atoms with E-state index in [1.54, 1.807) is 72.1 Å². The number of nitrogens with zero attached hydrogens (tertiary/aromatic N) is 4. The van der Waals surface area contributed by atoms with E-state index in [1.807, 2.05) is 6.07 Å². The van der Waals surface area contributed by atoms with E-state index in [4.69, 9.17) is 23.2 Å². The number of Topliss-reactive ketones (excluding diaryl/α,β-unsaturated/α-hetero) is 1. The third-order valence-corrected chi connectivity index (χ3v) is 7.61. The first-order chi connectivity index (χ1) is 17.3. The minimum absolute atomic E-state index is 0.0478. The fourth-order valence-corrected chi connectivity index (χ4v) is 5.90. The van der Waals surface area contributed by atoms with Crippen molar-refractivity contribution in [1.29, 1.82) is 0 Å². The molecular formula is C26H16Cl2N4O3S. The molecule has 0 aliphatic carbocycles. The first kappa shape index (κ1) is 22.7. The monoisotopic (exact) mass is 534 g/mol. The van der Waals surface area contributed by atoms with Crippen LogP contribution in [0.5, 0.6) is 0 Å². The van der Waals surface area contributed by atoms with Crippen LogP contribution in [0.15, 0.2) is 72.4 Å². The van der Waals surface area contributed by atoms with Crippen molar-refractivity contribution in [1.82, 2.24) is 14.4 Å². The van der Waals surface area contributed by atoms with Crippen LogP contribution in [0.4, 0.5) is 5.13 Å². The highest BCUT2D eigenvalue weighted by atomic mass is 35.5. The number of aryl methyl sites for hydroxylation is 1. The molecule has 10 heteroatoms. The molecule has 1 unspecified atom stereocenters. The van der Waals surface area contributed by atoms with Gasteiger partial charge in [-0.2, -0.15) is 0 Å². The van der Waals surface area contributed by atoms with E-state index in [0.717, 1.165) is 4.70 Å². The van der Waals surface area contributed by atoms with E-state index < -0.39 is 17.7 Å². The molecule has 4 heterocycles. The molecule has 178 valence electrons. The van der Waals surface area contributed by atoms with Crippen LogP contribution in [0.3, 0.4) is 0 Å². The molecule has 1 amide bonds. The average molecular weight is 535 g/mol. The molecule has 3 aromatic heterocycles. The molecule has 1 N–H and O–H groups in total. The van der Waals surface area contributed by atoms with Crippen molar-refractivity contribution in [3.63, 3.8) is 0 Å². The predicted octanol–water partition coefficient (Wildman–Crippen LogP) is 6.19. The van der Waals surface area contributed by atoms with Crippen LogP contribution in [-0.2, 0) is 9.59 Å². The van der Waals surface area contributed by atoms with Gasteiger partial charge in [-0.15, -0.1) is 0 Å². The maximum atomic E-state index is 13.5. The molecular weight excluding hydrogens is 519 g/mol. The SMILES string of the molecule is Cc1nc2ccccn2c1/C(O)=C1\C(=O)C(=O)N(c2nc3ccc(Cl)cc3s2)C1c1ccc(Cl)cc1. The van der Waals surface area contributed by atoms with Crippen molar-refractivity contribution in [3.8, 4) is 0 Å². The number of amides is 1. The fraction of sp³-hybridized carbons (Fsp3) is 0.0769. The standard InChI is InChI=1S/C26H16Cl2N4O3S/c1-13-21(31-11-3-2-4-19(31)29-13)23(33)20-22(14-5-7-15(27)8-6-14)32(25(35)24(20)34)26-30-17-10-9-16(28)12-18(17)36-26/h2-12,22,33H,1H3/b23-20+. The van der Waals surface area contributed by atoms with Gasteiger partial charge in [0.2, 0.25) is 0 Å². The largest absolute Gasteiger partial charge is 0.505 e. The quantitative estimate of drug-likeness (QED) is 0.169. The second-order valence-electron chi connectivity index (χ2n) is 8.30. The molecule has 6 rings (SSSR count). The van der Waals surface area contributed by atoms with Crippen molar-refractivity contribution in [2.45, 2.75) is 13.0 Å². The minimum Gasteiger partial charge on any atom is -0.505 e. The molecule has 5 aromatic rings. The topological polar surface area (TPSA) is 87.8 Å². The lowest BCUT2D eigenvalue weighted by atomic mass is 9.96. The number of thiazole rings is 1. The highest BCUT2D eigenvalue weighted by Gasteiger charge is 2.48. The Labute approximate surface area is 218 Å². The summed E-state index contributed by atoms with van der Waals surface area (Å²) in [7, 11) is 0. The molecule has 0 bridgehead atoms. The third kappa shape index (κ3) is 3.49.